The van der Waals surface area contributed by atoms with Crippen molar-refractivity contribution in [3.8, 4) is 5.75 Å². The fourth-order valence-electron chi connectivity index (χ4n) is 3.65. The summed E-state index contributed by atoms with van der Waals surface area (Å²) in [5.74, 6) is 0.807. The summed E-state index contributed by atoms with van der Waals surface area (Å²) in [6, 6.07) is 16.8. The van der Waals surface area contributed by atoms with E-state index in [0.717, 1.165) is 12.0 Å². The normalized spacial score (nSPS) is 21.4. The Morgan fingerprint density at radius 2 is 1.72 bits per heavy atom. The van der Waals surface area contributed by atoms with Crippen LogP contribution in [0.3, 0.4) is 0 Å². The molecule has 5 nitrogen and oxygen atoms in total. The number of nitrogens with one attached hydrogen (secondary N) is 1. The summed E-state index contributed by atoms with van der Waals surface area (Å²) < 4.78 is 12.1. The van der Waals surface area contributed by atoms with Crippen molar-refractivity contribution < 1.29 is 19.1 Å². The van der Waals surface area contributed by atoms with Gasteiger partial charge in [-0.15, -0.1) is 0 Å². The molecule has 2 aromatic carbocycles. The van der Waals surface area contributed by atoms with Gasteiger partial charge in [0.05, 0.1) is 12.1 Å². The lowest BCUT2D eigenvalue weighted by Crippen LogP contribution is -2.42. The zero-order valence-corrected chi connectivity index (χ0v) is 20.9. The van der Waals surface area contributed by atoms with Gasteiger partial charge in [0.2, 0.25) is 0 Å². The van der Waals surface area contributed by atoms with Crippen LogP contribution in [0.5, 0.6) is 5.75 Å². The summed E-state index contributed by atoms with van der Waals surface area (Å²) in [5, 5.41) is 13.7. The zero-order valence-electron chi connectivity index (χ0n) is 19.9. The van der Waals surface area contributed by atoms with Crippen molar-refractivity contribution in [3.05, 3.63) is 65.7 Å². The molecule has 0 heterocycles. The van der Waals surface area contributed by atoms with Gasteiger partial charge in [0.15, 0.2) is 8.32 Å². The van der Waals surface area contributed by atoms with Gasteiger partial charge in [0.1, 0.15) is 12.4 Å². The van der Waals surface area contributed by atoms with E-state index in [4.69, 9.17) is 9.16 Å². The molecule has 1 aliphatic carbocycles. The van der Waals surface area contributed by atoms with Crippen LogP contribution in [-0.4, -0.2) is 38.1 Å². The van der Waals surface area contributed by atoms with Crippen molar-refractivity contribution in [2.75, 3.05) is 6.61 Å². The van der Waals surface area contributed by atoms with Gasteiger partial charge in [-0.3, -0.25) is 4.79 Å². The highest BCUT2D eigenvalue weighted by molar-refractivity contribution is 6.74. The maximum Gasteiger partial charge on any atom is 0.251 e. The monoisotopic (exact) mass is 455 g/mol. The number of ether oxygens (including phenoxy) is 1. The predicted molar refractivity (Wildman–Crippen MR) is 130 cm³/mol. The van der Waals surface area contributed by atoms with Crippen molar-refractivity contribution in [1.29, 1.82) is 0 Å². The van der Waals surface area contributed by atoms with Crippen molar-refractivity contribution in [3.63, 3.8) is 0 Å². The van der Waals surface area contributed by atoms with Crippen molar-refractivity contribution >= 4 is 14.2 Å². The Morgan fingerprint density at radius 1 is 1.06 bits per heavy atom. The van der Waals surface area contributed by atoms with E-state index in [1.54, 1.807) is 24.3 Å². The number of rotatable bonds is 8. The number of amides is 1. The Balaban J connectivity index is 1.48. The highest BCUT2D eigenvalue weighted by Crippen LogP contribution is 2.38. The highest BCUT2D eigenvalue weighted by Gasteiger charge is 2.40. The van der Waals surface area contributed by atoms with E-state index < -0.39 is 14.4 Å². The van der Waals surface area contributed by atoms with Crippen LogP contribution in [0.15, 0.2) is 54.6 Å². The second kappa shape index (κ2) is 10.2. The third kappa shape index (κ3) is 6.44. The van der Waals surface area contributed by atoms with Crippen LogP contribution in [0.4, 0.5) is 0 Å². The molecule has 0 radical (unpaired) electrons. The van der Waals surface area contributed by atoms with E-state index in [2.05, 4.69) is 39.2 Å². The number of hydrogen-bond acceptors (Lipinski definition) is 4. The van der Waals surface area contributed by atoms with Gasteiger partial charge in [0, 0.05) is 12.2 Å². The first kappa shape index (κ1) is 24.5. The minimum atomic E-state index is -1.82. The number of aliphatic hydroxyl groups is 1. The maximum atomic E-state index is 12.7. The van der Waals surface area contributed by atoms with Crippen LogP contribution in [0.2, 0.25) is 18.1 Å². The van der Waals surface area contributed by atoms with Gasteiger partial charge < -0.3 is 19.6 Å². The summed E-state index contributed by atoms with van der Waals surface area (Å²) in [4.78, 5) is 12.7. The molecule has 32 heavy (non-hydrogen) atoms. The van der Waals surface area contributed by atoms with Crippen LogP contribution >= 0.6 is 0 Å². The van der Waals surface area contributed by atoms with Crippen LogP contribution in [0.25, 0.3) is 0 Å². The second-order valence-electron chi connectivity index (χ2n) is 10.4. The first-order chi connectivity index (χ1) is 15.0. The predicted octanol–water partition coefficient (Wildman–Crippen LogP) is 5.16. The molecule has 0 spiro atoms. The molecule has 1 saturated carbocycles. The fraction of sp³-hybridized carbons (Fsp3) is 0.500. The largest absolute Gasteiger partial charge is 0.489 e. The van der Waals surface area contributed by atoms with Crippen LogP contribution in [-0.2, 0) is 11.0 Å². The number of benzene rings is 2. The van der Waals surface area contributed by atoms with Gasteiger partial charge in [-0.25, -0.2) is 0 Å². The summed E-state index contributed by atoms with van der Waals surface area (Å²) in [5.41, 5.74) is 1.65. The Bertz CT molecular complexity index is 877. The molecule has 0 bridgehead atoms. The average molecular weight is 456 g/mol. The molecular weight excluding hydrogens is 418 g/mol. The average Bonchev–Trinajstić information content (AvgIpc) is 3.10. The molecule has 174 valence electrons. The number of hydrogen-bond donors (Lipinski definition) is 2. The van der Waals surface area contributed by atoms with E-state index in [9.17, 15) is 9.90 Å². The number of carbonyl (C=O) groups is 1. The molecule has 0 saturated heterocycles. The molecule has 3 rings (SSSR count). The lowest BCUT2D eigenvalue weighted by atomic mass is 10.1. The molecule has 0 unspecified atom stereocenters. The lowest BCUT2D eigenvalue weighted by Gasteiger charge is -2.37. The molecule has 1 aliphatic rings. The van der Waals surface area contributed by atoms with Crippen molar-refractivity contribution in [2.24, 2.45) is 5.92 Å². The standard InChI is InChI=1S/C26H37NO4Si/c1-26(2,3)32(4,5)31-18-20-15-23(24(28)16-20)27-25(29)21-11-13-22(14-12-21)30-17-19-9-7-6-8-10-19/h6-14,20,23-24,28H,15-18H2,1-5H3,(H,27,29)/t20-,23+,24+/m0/s1. The van der Waals surface area contributed by atoms with Crippen LogP contribution in [0.1, 0.15) is 49.5 Å². The molecule has 0 aromatic heterocycles. The van der Waals surface area contributed by atoms with Crippen molar-refractivity contribution in [1.82, 2.24) is 5.32 Å². The second-order valence-corrected chi connectivity index (χ2v) is 15.2. The highest BCUT2D eigenvalue weighted by atomic mass is 28.4. The molecule has 1 fully saturated rings. The van der Waals surface area contributed by atoms with Crippen molar-refractivity contribution in [2.45, 2.75) is 70.5 Å². The minimum Gasteiger partial charge on any atom is -0.489 e. The smallest absolute Gasteiger partial charge is 0.251 e. The van der Waals surface area contributed by atoms with E-state index in [-0.39, 0.29) is 22.9 Å². The number of aliphatic hydroxyl groups excluding tert-OH is 1. The summed E-state index contributed by atoms with van der Waals surface area (Å²) in [6.45, 7) is 12.3. The Hall–Kier alpha value is -2.15. The summed E-state index contributed by atoms with van der Waals surface area (Å²) in [7, 11) is -1.82. The SMILES string of the molecule is CC(C)(C)[Si](C)(C)OC[C@@H]1C[C@@H](O)[C@H](NC(=O)c2ccc(OCc3ccccc3)cc2)C1. The number of carbonyl (C=O) groups excluding carboxylic acids is 1. The van der Waals surface area contributed by atoms with Gasteiger partial charge >= 0.3 is 0 Å². The van der Waals surface area contributed by atoms with Crippen LogP contribution < -0.4 is 10.1 Å². The van der Waals surface area contributed by atoms with Gasteiger partial charge in [-0.1, -0.05) is 51.1 Å². The zero-order chi connectivity index (χ0) is 23.4. The van der Waals surface area contributed by atoms with Gasteiger partial charge in [-0.05, 0) is 66.7 Å². The molecule has 2 aromatic rings. The Kier molecular flexibility index (Phi) is 7.80. The van der Waals surface area contributed by atoms with E-state index in [1.165, 1.54) is 0 Å². The molecule has 1 amide bonds. The molecular formula is C26H37NO4Si. The van der Waals surface area contributed by atoms with Gasteiger partial charge in [0.25, 0.3) is 5.91 Å². The fourth-order valence-corrected chi connectivity index (χ4v) is 4.73. The minimum absolute atomic E-state index is 0.162. The first-order valence-electron chi connectivity index (χ1n) is 11.4. The van der Waals surface area contributed by atoms with E-state index >= 15 is 0 Å². The Morgan fingerprint density at radius 3 is 2.34 bits per heavy atom. The van der Waals surface area contributed by atoms with E-state index in [0.29, 0.717) is 30.9 Å². The molecule has 3 atom stereocenters. The lowest BCUT2D eigenvalue weighted by molar-refractivity contribution is 0.0872. The van der Waals surface area contributed by atoms with Gasteiger partial charge in [-0.2, -0.15) is 0 Å². The van der Waals surface area contributed by atoms with E-state index in [1.807, 2.05) is 30.3 Å². The third-order valence-electron chi connectivity index (χ3n) is 6.79. The van der Waals surface area contributed by atoms with Crippen LogP contribution in [0, 0.1) is 5.92 Å². The first-order valence-corrected chi connectivity index (χ1v) is 14.4. The molecule has 2 N–H and O–H groups in total. The molecule has 6 heteroatoms. The third-order valence-corrected chi connectivity index (χ3v) is 11.3. The molecule has 0 aliphatic heterocycles. The maximum absolute atomic E-state index is 12.7. The summed E-state index contributed by atoms with van der Waals surface area (Å²) in [6.07, 6.45) is 0.853. The summed E-state index contributed by atoms with van der Waals surface area (Å²) >= 11 is 0. The topological polar surface area (TPSA) is 67.8 Å². The quantitative estimate of drug-likeness (QED) is 0.540. The Labute approximate surface area is 193 Å².